The lowest BCUT2D eigenvalue weighted by molar-refractivity contribution is -0.127. The number of Topliss-reactive ketones (excluding diaryl/α,β-unsaturated/α-hetero) is 2. The molecule has 0 unspecified atom stereocenters. The van der Waals surface area contributed by atoms with Crippen LogP contribution in [0.3, 0.4) is 0 Å². The van der Waals surface area contributed by atoms with Crippen LogP contribution in [-0.4, -0.2) is 36.1 Å². The Morgan fingerprint density at radius 1 is 0.833 bits per heavy atom. The monoisotopic (exact) mass is 521 g/mol. The summed E-state index contributed by atoms with van der Waals surface area (Å²) in [5.41, 5.74) is -1.21. The molecule has 2 aliphatic heterocycles. The SMILES string of the molecule is COc1ccc(Cl)cc1[C@@H]1OC2(C(=O)c3ccccc3C2=O)[C@H]2C(=O)N(c3ccc(Cl)cc3)C(=O)[C@@H]12. The van der Waals surface area contributed by atoms with Crippen LogP contribution in [0.25, 0.3) is 0 Å². The highest BCUT2D eigenvalue weighted by Crippen LogP contribution is 2.58. The molecule has 2 amide bonds. The van der Waals surface area contributed by atoms with Crippen LogP contribution < -0.4 is 9.64 Å². The van der Waals surface area contributed by atoms with Gasteiger partial charge in [0.2, 0.25) is 29.0 Å². The number of anilines is 1. The number of fused-ring (bicyclic) bond motifs is 3. The Kier molecular flexibility index (Phi) is 5.09. The van der Waals surface area contributed by atoms with Crippen molar-refractivity contribution in [2.45, 2.75) is 11.7 Å². The minimum atomic E-state index is -2.18. The lowest BCUT2D eigenvalue weighted by Crippen LogP contribution is -2.51. The van der Waals surface area contributed by atoms with Crippen LogP contribution in [0, 0.1) is 11.8 Å². The van der Waals surface area contributed by atoms with E-state index in [1.807, 2.05) is 0 Å². The highest BCUT2D eigenvalue weighted by Gasteiger charge is 2.75. The highest BCUT2D eigenvalue weighted by molar-refractivity contribution is 6.37. The van der Waals surface area contributed by atoms with Gasteiger partial charge < -0.3 is 9.47 Å². The third-order valence-electron chi connectivity index (χ3n) is 7.10. The average molecular weight is 522 g/mol. The summed E-state index contributed by atoms with van der Waals surface area (Å²) in [5, 5.41) is 0.765. The first kappa shape index (κ1) is 22.9. The van der Waals surface area contributed by atoms with Crippen LogP contribution in [0.2, 0.25) is 10.0 Å². The maximum absolute atomic E-state index is 13.9. The molecule has 1 aliphatic carbocycles. The molecular formula is C27H17Cl2NO6. The molecule has 2 fully saturated rings. The summed E-state index contributed by atoms with van der Waals surface area (Å²) < 4.78 is 11.8. The number of benzene rings is 3. The van der Waals surface area contributed by atoms with Crippen molar-refractivity contribution in [2.75, 3.05) is 12.0 Å². The van der Waals surface area contributed by atoms with E-state index in [-0.39, 0.29) is 16.8 Å². The van der Waals surface area contributed by atoms with Gasteiger partial charge in [-0.25, -0.2) is 4.90 Å². The fourth-order valence-corrected chi connectivity index (χ4v) is 5.88. The van der Waals surface area contributed by atoms with Gasteiger partial charge in [0.15, 0.2) is 0 Å². The molecule has 3 aromatic carbocycles. The van der Waals surface area contributed by atoms with Gasteiger partial charge in [-0.2, -0.15) is 0 Å². The second kappa shape index (κ2) is 8.00. The van der Waals surface area contributed by atoms with E-state index >= 15 is 0 Å². The van der Waals surface area contributed by atoms with Crippen LogP contribution in [-0.2, 0) is 14.3 Å². The number of carbonyl (C=O) groups is 4. The number of carbonyl (C=O) groups excluding carboxylic acids is 4. The molecule has 0 radical (unpaired) electrons. The van der Waals surface area contributed by atoms with Crippen molar-refractivity contribution in [3.8, 4) is 5.75 Å². The van der Waals surface area contributed by atoms with Crippen LogP contribution >= 0.6 is 23.2 Å². The van der Waals surface area contributed by atoms with E-state index < -0.39 is 46.9 Å². The first-order chi connectivity index (χ1) is 17.3. The molecule has 9 heteroatoms. The van der Waals surface area contributed by atoms with Gasteiger partial charge in [0.05, 0.1) is 24.6 Å². The zero-order valence-electron chi connectivity index (χ0n) is 18.7. The number of ketones is 2. The molecule has 2 saturated heterocycles. The molecule has 3 atom stereocenters. The van der Waals surface area contributed by atoms with Crippen molar-refractivity contribution in [1.29, 1.82) is 0 Å². The van der Waals surface area contributed by atoms with E-state index in [1.165, 1.54) is 31.4 Å². The predicted molar refractivity (Wildman–Crippen MR) is 131 cm³/mol. The number of hydrogen-bond donors (Lipinski definition) is 0. The summed E-state index contributed by atoms with van der Waals surface area (Å²) >= 11 is 12.3. The minimum Gasteiger partial charge on any atom is -0.496 e. The van der Waals surface area contributed by atoms with Crippen molar-refractivity contribution in [3.63, 3.8) is 0 Å². The Labute approximate surface area is 215 Å². The number of methoxy groups -OCH3 is 1. The normalized spacial score (nSPS) is 24.0. The number of imide groups is 1. The molecule has 1 spiro atoms. The summed E-state index contributed by atoms with van der Waals surface area (Å²) in [6, 6.07) is 17.3. The molecule has 0 saturated carbocycles. The second-order valence-electron chi connectivity index (χ2n) is 8.86. The first-order valence-corrected chi connectivity index (χ1v) is 11.9. The molecular weight excluding hydrogens is 505 g/mol. The summed E-state index contributed by atoms with van der Waals surface area (Å²) in [4.78, 5) is 56.4. The Bertz CT molecular complexity index is 1450. The van der Waals surface area contributed by atoms with Gasteiger partial charge in [0.1, 0.15) is 11.9 Å². The number of amides is 2. The molecule has 0 N–H and O–H groups in total. The Morgan fingerprint density at radius 2 is 1.44 bits per heavy atom. The zero-order valence-corrected chi connectivity index (χ0v) is 20.2. The van der Waals surface area contributed by atoms with Gasteiger partial charge >= 0.3 is 0 Å². The molecule has 3 aliphatic rings. The van der Waals surface area contributed by atoms with Crippen molar-refractivity contribution in [2.24, 2.45) is 11.8 Å². The molecule has 0 aromatic heterocycles. The van der Waals surface area contributed by atoms with Crippen LogP contribution in [0.4, 0.5) is 5.69 Å². The van der Waals surface area contributed by atoms with E-state index in [1.54, 1.807) is 42.5 Å². The first-order valence-electron chi connectivity index (χ1n) is 11.1. The molecule has 0 bridgehead atoms. The standard InChI is InChI=1S/C27H17Cl2NO6/c1-35-19-11-8-14(29)12-18(19)22-20-21(26(34)30(25(20)33)15-9-6-13(28)7-10-15)27(36-22)23(31)16-4-2-3-5-17(16)24(27)32/h2-12,20-22H,1H3/t20-,21-,22+/m1/s1. The predicted octanol–water partition coefficient (Wildman–Crippen LogP) is 4.70. The fourth-order valence-electron chi connectivity index (χ4n) is 5.57. The summed E-state index contributed by atoms with van der Waals surface area (Å²) in [6.45, 7) is 0. The molecule has 2 heterocycles. The summed E-state index contributed by atoms with van der Waals surface area (Å²) in [7, 11) is 1.44. The van der Waals surface area contributed by atoms with Crippen molar-refractivity contribution >= 4 is 52.3 Å². The Balaban J connectivity index is 1.57. The third-order valence-corrected chi connectivity index (χ3v) is 7.59. The van der Waals surface area contributed by atoms with Crippen LogP contribution in [0.5, 0.6) is 5.75 Å². The van der Waals surface area contributed by atoms with E-state index in [0.717, 1.165) is 4.90 Å². The Morgan fingerprint density at radius 3 is 2.06 bits per heavy atom. The van der Waals surface area contributed by atoms with Gasteiger partial charge in [-0.15, -0.1) is 0 Å². The smallest absolute Gasteiger partial charge is 0.241 e. The maximum Gasteiger partial charge on any atom is 0.241 e. The van der Waals surface area contributed by atoms with E-state index in [0.29, 0.717) is 21.4 Å². The molecule has 36 heavy (non-hydrogen) atoms. The molecule has 180 valence electrons. The summed E-state index contributed by atoms with van der Waals surface area (Å²) in [5.74, 6) is -4.75. The van der Waals surface area contributed by atoms with Gasteiger partial charge in [-0.1, -0.05) is 47.5 Å². The molecule has 6 rings (SSSR count). The molecule has 3 aromatic rings. The number of rotatable bonds is 3. The van der Waals surface area contributed by atoms with Crippen molar-refractivity contribution in [1.82, 2.24) is 0 Å². The second-order valence-corrected chi connectivity index (χ2v) is 9.73. The quantitative estimate of drug-likeness (QED) is 0.366. The van der Waals surface area contributed by atoms with E-state index in [4.69, 9.17) is 32.7 Å². The zero-order chi connectivity index (χ0) is 25.4. The fraction of sp³-hybridized carbons (Fsp3) is 0.185. The maximum atomic E-state index is 13.9. The van der Waals surface area contributed by atoms with Crippen LogP contribution in [0.15, 0.2) is 66.7 Å². The van der Waals surface area contributed by atoms with Crippen LogP contribution in [0.1, 0.15) is 32.4 Å². The number of hydrogen-bond acceptors (Lipinski definition) is 6. The van der Waals surface area contributed by atoms with Crippen molar-refractivity contribution in [3.05, 3.63) is 93.5 Å². The highest BCUT2D eigenvalue weighted by atomic mass is 35.5. The number of halogens is 2. The average Bonchev–Trinajstić information content (AvgIpc) is 3.45. The largest absolute Gasteiger partial charge is 0.496 e. The van der Waals surface area contributed by atoms with Gasteiger partial charge in [0, 0.05) is 26.7 Å². The Hall–Kier alpha value is -3.52. The lowest BCUT2D eigenvalue weighted by Gasteiger charge is -2.27. The van der Waals surface area contributed by atoms with Gasteiger partial charge in [-0.3, -0.25) is 19.2 Å². The van der Waals surface area contributed by atoms with Crippen molar-refractivity contribution < 1.29 is 28.7 Å². The minimum absolute atomic E-state index is 0.158. The van der Waals surface area contributed by atoms with E-state index in [9.17, 15) is 19.2 Å². The van der Waals surface area contributed by atoms with Gasteiger partial charge in [0.25, 0.3) is 0 Å². The molecule has 7 nitrogen and oxygen atoms in total. The number of ether oxygens (including phenoxy) is 2. The summed E-state index contributed by atoms with van der Waals surface area (Å²) in [6.07, 6.45) is -1.14. The van der Waals surface area contributed by atoms with E-state index in [2.05, 4.69) is 0 Å². The lowest BCUT2D eigenvalue weighted by atomic mass is 9.77. The third kappa shape index (κ3) is 2.91. The van der Waals surface area contributed by atoms with Gasteiger partial charge in [-0.05, 0) is 42.5 Å². The topological polar surface area (TPSA) is 90.0 Å². The number of nitrogens with zero attached hydrogens (tertiary/aromatic N) is 1.